The van der Waals surface area contributed by atoms with Crippen molar-refractivity contribution in [2.24, 2.45) is 5.73 Å². The molecule has 0 heterocycles. The van der Waals surface area contributed by atoms with Gasteiger partial charge in [-0.1, -0.05) is 26.2 Å². The standard InChI is InChI=1S/C13H26N2O2.ClH/c1-2-12(13(16)15-10-6-9-14)17-11-7-4-3-5-8-11;/h11-12H,2-10,14H2,1H3,(H,15,16);1H. The minimum Gasteiger partial charge on any atom is -0.365 e. The van der Waals surface area contributed by atoms with Crippen molar-refractivity contribution in [2.75, 3.05) is 13.1 Å². The minimum atomic E-state index is -0.282. The van der Waals surface area contributed by atoms with Gasteiger partial charge in [0.2, 0.25) is 5.91 Å². The number of halogens is 1. The lowest BCUT2D eigenvalue weighted by Crippen LogP contribution is -2.39. The summed E-state index contributed by atoms with van der Waals surface area (Å²) in [4.78, 5) is 11.8. The number of rotatable bonds is 7. The second-order valence-corrected chi connectivity index (χ2v) is 4.73. The topological polar surface area (TPSA) is 64.3 Å². The SMILES string of the molecule is CCC(OC1CCCCC1)C(=O)NCCCN.Cl. The van der Waals surface area contributed by atoms with Gasteiger partial charge in [0, 0.05) is 6.54 Å². The highest BCUT2D eigenvalue weighted by Crippen LogP contribution is 2.22. The third kappa shape index (κ3) is 6.57. The maximum absolute atomic E-state index is 11.8. The summed E-state index contributed by atoms with van der Waals surface area (Å²) in [6.07, 6.45) is 7.55. The second-order valence-electron chi connectivity index (χ2n) is 4.73. The van der Waals surface area contributed by atoms with Crippen LogP contribution in [0.25, 0.3) is 0 Å². The molecule has 0 aromatic heterocycles. The first-order chi connectivity index (χ1) is 8.27. The molecule has 0 saturated heterocycles. The minimum absolute atomic E-state index is 0. The molecule has 1 unspecified atom stereocenters. The first-order valence-electron chi connectivity index (χ1n) is 6.91. The molecule has 5 heteroatoms. The number of nitrogens with one attached hydrogen (secondary N) is 1. The van der Waals surface area contributed by atoms with Crippen molar-refractivity contribution in [1.82, 2.24) is 5.32 Å². The van der Waals surface area contributed by atoms with Crippen molar-refractivity contribution in [3.63, 3.8) is 0 Å². The summed E-state index contributed by atoms with van der Waals surface area (Å²) in [5.41, 5.74) is 5.39. The number of carbonyl (C=O) groups excluding carboxylic acids is 1. The van der Waals surface area contributed by atoms with Gasteiger partial charge in [-0.15, -0.1) is 12.4 Å². The summed E-state index contributed by atoms with van der Waals surface area (Å²) in [7, 11) is 0. The fourth-order valence-corrected chi connectivity index (χ4v) is 2.20. The largest absolute Gasteiger partial charge is 0.365 e. The van der Waals surface area contributed by atoms with Crippen LogP contribution in [-0.2, 0) is 9.53 Å². The normalized spacial score (nSPS) is 17.9. The van der Waals surface area contributed by atoms with Gasteiger partial charge in [0.05, 0.1) is 6.10 Å². The predicted octanol–water partition coefficient (Wildman–Crippen LogP) is 2.00. The highest BCUT2D eigenvalue weighted by Gasteiger charge is 2.22. The van der Waals surface area contributed by atoms with E-state index in [0.29, 0.717) is 13.1 Å². The highest BCUT2D eigenvalue weighted by atomic mass is 35.5. The number of ether oxygens (including phenoxy) is 1. The second kappa shape index (κ2) is 10.6. The zero-order chi connectivity index (χ0) is 12.5. The number of nitrogens with two attached hydrogens (primary N) is 1. The van der Waals surface area contributed by atoms with Crippen LogP contribution in [0.1, 0.15) is 51.9 Å². The van der Waals surface area contributed by atoms with Crippen LogP contribution in [0, 0.1) is 0 Å². The average Bonchev–Trinajstić information content (AvgIpc) is 2.37. The van der Waals surface area contributed by atoms with E-state index < -0.39 is 0 Å². The Bertz CT molecular complexity index is 221. The van der Waals surface area contributed by atoms with Gasteiger partial charge in [-0.05, 0) is 32.2 Å². The third-order valence-electron chi connectivity index (χ3n) is 3.25. The average molecular weight is 279 g/mol. The summed E-state index contributed by atoms with van der Waals surface area (Å²) in [5.74, 6) is 0.0199. The predicted molar refractivity (Wildman–Crippen MR) is 76.0 cm³/mol. The Hall–Kier alpha value is -0.320. The quantitative estimate of drug-likeness (QED) is 0.700. The molecule has 0 aromatic carbocycles. The first kappa shape index (κ1) is 17.7. The van der Waals surface area contributed by atoms with Crippen molar-refractivity contribution in [3.05, 3.63) is 0 Å². The maximum atomic E-state index is 11.8. The zero-order valence-electron chi connectivity index (χ0n) is 11.3. The van der Waals surface area contributed by atoms with Crippen molar-refractivity contribution in [3.8, 4) is 0 Å². The van der Waals surface area contributed by atoms with E-state index >= 15 is 0 Å². The Kier molecular flexibility index (Phi) is 10.4. The van der Waals surface area contributed by atoms with E-state index in [9.17, 15) is 4.79 Å². The molecule has 1 aliphatic rings. The van der Waals surface area contributed by atoms with Gasteiger partial charge in [-0.2, -0.15) is 0 Å². The summed E-state index contributed by atoms with van der Waals surface area (Å²) in [5, 5.41) is 2.88. The summed E-state index contributed by atoms with van der Waals surface area (Å²) in [6, 6.07) is 0. The Labute approximate surface area is 116 Å². The molecule has 1 saturated carbocycles. The number of carbonyl (C=O) groups is 1. The molecule has 108 valence electrons. The molecule has 18 heavy (non-hydrogen) atoms. The highest BCUT2D eigenvalue weighted by molar-refractivity contribution is 5.85. The van der Waals surface area contributed by atoms with Crippen LogP contribution in [0.4, 0.5) is 0 Å². The Balaban J connectivity index is 0.00000289. The van der Waals surface area contributed by atoms with Gasteiger partial charge < -0.3 is 15.8 Å². The smallest absolute Gasteiger partial charge is 0.249 e. The van der Waals surface area contributed by atoms with Crippen LogP contribution in [0.15, 0.2) is 0 Å². The molecular formula is C13H27ClN2O2. The molecule has 0 radical (unpaired) electrons. The Morgan fingerprint density at radius 3 is 2.61 bits per heavy atom. The molecule has 0 aliphatic heterocycles. The molecule has 1 atom stereocenters. The number of hydrogen-bond donors (Lipinski definition) is 2. The van der Waals surface area contributed by atoms with E-state index in [0.717, 1.165) is 25.7 Å². The Morgan fingerprint density at radius 1 is 1.39 bits per heavy atom. The van der Waals surface area contributed by atoms with E-state index in [2.05, 4.69) is 5.32 Å². The molecule has 1 rings (SSSR count). The van der Waals surface area contributed by atoms with Crippen molar-refractivity contribution in [2.45, 2.75) is 64.1 Å². The van der Waals surface area contributed by atoms with Gasteiger partial charge in [-0.25, -0.2) is 0 Å². The lowest BCUT2D eigenvalue weighted by atomic mass is 9.97. The summed E-state index contributed by atoms with van der Waals surface area (Å²) < 4.78 is 5.89. The monoisotopic (exact) mass is 278 g/mol. The fourth-order valence-electron chi connectivity index (χ4n) is 2.20. The molecule has 0 bridgehead atoms. The van der Waals surface area contributed by atoms with E-state index in [1.807, 2.05) is 6.92 Å². The van der Waals surface area contributed by atoms with Gasteiger partial charge in [0.1, 0.15) is 6.10 Å². The molecule has 3 N–H and O–H groups in total. The molecule has 4 nitrogen and oxygen atoms in total. The van der Waals surface area contributed by atoms with Crippen molar-refractivity contribution in [1.29, 1.82) is 0 Å². The molecule has 1 aliphatic carbocycles. The summed E-state index contributed by atoms with van der Waals surface area (Å²) >= 11 is 0. The van der Waals surface area contributed by atoms with Crippen LogP contribution in [-0.4, -0.2) is 31.2 Å². The number of hydrogen-bond acceptors (Lipinski definition) is 3. The molecule has 1 fully saturated rings. The lowest BCUT2D eigenvalue weighted by molar-refractivity contribution is -0.138. The van der Waals surface area contributed by atoms with Gasteiger partial charge in [0.25, 0.3) is 0 Å². The fraction of sp³-hybridized carbons (Fsp3) is 0.923. The lowest BCUT2D eigenvalue weighted by Gasteiger charge is -2.26. The van der Waals surface area contributed by atoms with Gasteiger partial charge in [0.15, 0.2) is 0 Å². The van der Waals surface area contributed by atoms with E-state index in [1.54, 1.807) is 0 Å². The van der Waals surface area contributed by atoms with E-state index in [4.69, 9.17) is 10.5 Å². The van der Waals surface area contributed by atoms with Crippen molar-refractivity contribution < 1.29 is 9.53 Å². The van der Waals surface area contributed by atoms with Crippen LogP contribution >= 0.6 is 12.4 Å². The van der Waals surface area contributed by atoms with Crippen LogP contribution < -0.4 is 11.1 Å². The van der Waals surface area contributed by atoms with Crippen LogP contribution in [0.5, 0.6) is 0 Å². The third-order valence-corrected chi connectivity index (χ3v) is 3.25. The van der Waals surface area contributed by atoms with E-state index in [-0.39, 0.29) is 30.5 Å². The summed E-state index contributed by atoms with van der Waals surface area (Å²) in [6.45, 7) is 3.26. The van der Waals surface area contributed by atoms with Gasteiger partial charge in [-0.3, -0.25) is 4.79 Å². The zero-order valence-corrected chi connectivity index (χ0v) is 12.1. The van der Waals surface area contributed by atoms with Crippen molar-refractivity contribution >= 4 is 18.3 Å². The molecule has 0 aromatic rings. The van der Waals surface area contributed by atoms with Gasteiger partial charge >= 0.3 is 0 Å². The molecular weight excluding hydrogens is 252 g/mol. The maximum Gasteiger partial charge on any atom is 0.249 e. The molecule has 1 amide bonds. The van der Waals surface area contributed by atoms with Crippen LogP contribution in [0.3, 0.4) is 0 Å². The first-order valence-corrected chi connectivity index (χ1v) is 6.91. The van der Waals surface area contributed by atoms with Crippen LogP contribution in [0.2, 0.25) is 0 Å². The molecule has 0 spiro atoms. The number of amides is 1. The van der Waals surface area contributed by atoms with E-state index in [1.165, 1.54) is 19.3 Å². The Morgan fingerprint density at radius 2 is 2.06 bits per heavy atom.